The number of aryl methyl sites for hydroxylation is 2. The third kappa shape index (κ3) is 4.89. The van der Waals surface area contributed by atoms with Gasteiger partial charge >= 0.3 is 0 Å². The van der Waals surface area contributed by atoms with Crippen molar-refractivity contribution in [3.8, 4) is 0 Å². The molecule has 1 N–H and O–H groups in total. The van der Waals surface area contributed by atoms with Crippen LogP contribution in [0.15, 0.2) is 29.2 Å². The zero-order chi connectivity index (χ0) is 11.2. The average molecular weight is 272 g/mol. The van der Waals surface area contributed by atoms with E-state index in [2.05, 4.69) is 40.4 Å². The summed E-state index contributed by atoms with van der Waals surface area (Å²) in [6, 6.07) is 2.16. The Bertz CT molecular complexity index is 411. The Morgan fingerprint density at radius 2 is 2.35 bits per heavy atom. The Kier molecular flexibility index (Phi) is 6.26. The molecule has 94 valence electrons. The van der Waals surface area contributed by atoms with Crippen LogP contribution in [0.2, 0.25) is 0 Å². The summed E-state index contributed by atoms with van der Waals surface area (Å²) in [6.45, 7) is 5.07. The van der Waals surface area contributed by atoms with Crippen molar-refractivity contribution >= 4 is 23.7 Å². The van der Waals surface area contributed by atoms with Crippen molar-refractivity contribution in [3.63, 3.8) is 0 Å². The molecule has 0 radical (unpaired) electrons. The second kappa shape index (κ2) is 7.48. The Labute approximate surface area is 112 Å². The predicted octanol–water partition coefficient (Wildman–Crippen LogP) is 2.85. The number of hydrogen-bond acceptors (Lipinski definition) is 3. The molecule has 0 aliphatic rings. The third-order valence-corrected chi connectivity index (χ3v) is 3.14. The maximum atomic E-state index is 4.25. The minimum absolute atomic E-state index is 0. The lowest BCUT2D eigenvalue weighted by molar-refractivity contribution is 0.543. The summed E-state index contributed by atoms with van der Waals surface area (Å²) in [6.07, 6.45) is 5.10. The van der Waals surface area contributed by atoms with Crippen LogP contribution < -0.4 is 5.32 Å². The van der Waals surface area contributed by atoms with Crippen molar-refractivity contribution in [2.45, 2.75) is 26.4 Å². The summed E-state index contributed by atoms with van der Waals surface area (Å²) >= 11 is 1.75. The van der Waals surface area contributed by atoms with E-state index in [0.717, 1.165) is 26.1 Å². The molecular weight excluding hydrogens is 254 g/mol. The van der Waals surface area contributed by atoms with Crippen LogP contribution in [0.25, 0.3) is 0 Å². The van der Waals surface area contributed by atoms with Gasteiger partial charge in [-0.1, -0.05) is 0 Å². The number of aromatic nitrogens is 2. The minimum Gasteiger partial charge on any atom is -0.313 e. The summed E-state index contributed by atoms with van der Waals surface area (Å²) in [5, 5.41) is 12.0. The van der Waals surface area contributed by atoms with E-state index in [1.54, 1.807) is 11.3 Å². The lowest BCUT2D eigenvalue weighted by Crippen LogP contribution is -2.16. The van der Waals surface area contributed by atoms with E-state index < -0.39 is 0 Å². The fourth-order valence-electron chi connectivity index (χ4n) is 1.58. The average Bonchev–Trinajstić information content (AvgIpc) is 2.89. The van der Waals surface area contributed by atoms with Gasteiger partial charge in [-0.2, -0.15) is 16.4 Å². The maximum absolute atomic E-state index is 4.25. The van der Waals surface area contributed by atoms with E-state index in [1.807, 2.05) is 10.9 Å². The lowest BCUT2D eigenvalue weighted by Gasteiger charge is -2.03. The largest absolute Gasteiger partial charge is 0.313 e. The van der Waals surface area contributed by atoms with Crippen molar-refractivity contribution in [1.29, 1.82) is 0 Å². The molecule has 0 spiro atoms. The van der Waals surface area contributed by atoms with E-state index in [9.17, 15) is 0 Å². The third-order valence-electron chi connectivity index (χ3n) is 2.41. The van der Waals surface area contributed by atoms with Crippen LogP contribution in [-0.2, 0) is 13.1 Å². The minimum atomic E-state index is 0. The number of halogens is 1. The zero-order valence-electron chi connectivity index (χ0n) is 9.93. The summed E-state index contributed by atoms with van der Waals surface area (Å²) < 4.78 is 2.00. The highest BCUT2D eigenvalue weighted by Gasteiger charge is 1.95. The molecule has 0 aliphatic carbocycles. The van der Waals surface area contributed by atoms with Crippen molar-refractivity contribution in [1.82, 2.24) is 15.1 Å². The molecule has 0 atom stereocenters. The topological polar surface area (TPSA) is 29.9 Å². The van der Waals surface area contributed by atoms with Crippen LogP contribution in [-0.4, -0.2) is 16.3 Å². The monoisotopic (exact) mass is 271 g/mol. The van der Waals surface area contributed by atoms with Crippen LogP contribution >= 0.6 is 23.7 Å². The number of rotatable bonds is 6. The Morgan fingerprint density at radius 1 is 1.47 bits per heavy atom. The van der Waals surface area contributed by atoms with Gasteiger partial charge in [0.25, 0.3) is 0 Å². The standard InChI is InChI=1S/C12H17N3S.ClH/c1-11-7-14-15(9-11)5-2-4-13-8-12-3-6-16-10-12;/h3,6-7,9-10,13H,2,4-5,8H2,1H3;1H. The predicted molar refractivity (Wildman–Crippen MR) is 74.9 cm³/mol. The summed E-state index contributed by atoms with van der Waals surface area (Å²) in [5.74, 6) is 0. The molecule has 2 heterocycles. The first-order valence-corrected chi connectivity index (χ1v) is 6.50. The number of nitrogens with one attached hydrogen (secondary N) is 1. The molecule has 2 rings (SSSR count). The zero-order valence-corrected chi connectivity index (χ0v) is 11.6. The molecule has 0 aromatic carbocycles. The first kappa shape index (κ1) is 14.2. The molecule has 2 aromatic rings. The molecule has 3 nitrogen and oxygen atoms in total. The molecule has 17 heavy (non-hydrogen) atoms. The Balaban J connectivity index is 0.00000144. The summed E-state index contributed by atoms with van der Waals surface area (Å²) in [5.41, 5.74) is 2.60. The SMILES string of the molecule is Cc1cnn(CCCNCc2ccsc2)c1.Cl. The highest BCUT2D eigenvalue weighted by molar-refractivity contribution is 7.07. The smallest absolute Gasteiger partial charge is 0.0518 e. The van der Waals surface area contributed by atoms with E-state index in [1.165, 1.54) is 11.1 Å². The van der Waals surface area contributed by atoms with E-state index >= 15 is 0 Å². The molecule has 0 fully saturated rings. The quantitative estimate of drug-likeness (QED) is 0.819. The van der Waals surface area contributed by atoms with E-state index in [-0.39, 0.29) is 12.4 Å². The van der Waals surface area contributed by atoms with Crippen LogP contribution in [0.3, 0.4) is 0 Å². The molecule has 5 heteroatoms. The number of hydrogen-bond donors (Lipinski definition) is 1. The van der Waals surface area contributed by atoms with Crippen molar-refractivity contribution in [3.05, 3.63) is 40.3 Å². The molecule has 0 amide bonds. The van der Waals surface area contributed by atoms with Crippen LogP contribution in [0.4, 0.5) is 0 Å². The Hall–Kier alpha value is -0.840. The van der Waals surface area contributed by atoms with Gasteiger partial charge < -0.3 is 5.32 Å². The van der Waals surface area contributed by atoms with Crippen LogP contribution in [0, 0.1) is 6.92 Å². The highest BCUT2D eigenvalue weighted by atomic mass is 35.5. The number of nitrogens with zero attached hydrogens (tertiary/aromatic N) is 2. The van der Waals surface area contributed by atoms with Gasteiger partial charge in [0.15, 0.2) is 0 Å². The van der Waals surface area contributed by atoms with Gasteiger partial charge in [0, 0.05) is 19.3 Å². The summed E-state index contributed by atoms with van der Waals surface area (Å²) in [4.78, 5) is 0. The van der Waals surface area contributed by atoms with Gasteiger partial charge in [-0.3, -0.25) is 4.68 Å². The van der Waals surface area contributed by atoms with Crippen molar-refractivity contribution < 1.29 is 0 Å². The summed E-state index contributed by atoms with van der Waals surface area (Å²) in [7, 11) is 0. The van der Waals surface area contributed by atoms with Crippen LogP contribution in [0.5, 0.6) is 0 Å². The molecule has 0 bridgehead atoms. The van der Waals surface area contributed by atoms with Gasteiger partial charge in [0.1, 0.15) is 0 Å². The molecule has 0 saturated heterocycles. The Morgan fingerprint density at radius 3 is 3.00 bits per heavy atom. The van der Waals surface area contributed by atoms with Gasteiger partial charge in [-0.25, -0.2) is 0 Å². The number of thiophene rings is 1. The fourth-order valence-corrected chi connectivity index (χ4v) is 2.25. The maximum Gasteiger partial charge on any atom is 0.0518 e. The van der Waals surface area contributed by atoms with Gasteiger partial charge in [0.05, 0.1) is 6.20 Å². The van der Waals surface area contributed by atoms with Gasteiger partial charge in [0.2, 0.25) is 0 Å². The van der Waals surface area contributed by atoms with E-state index in [0.29, 0.717) is 0 Å². The van der Waals surface area contributed by atoms with Crippen LogP contribution in [0.1, 0.15) is 17.5 Å². The first-order valence-electron chi connectivity index (χ1n) is 5.55. The molecule has 0 aliphatic heterocycles. The molecule has 0 unspecified atom stereocenters. The lowest BCUT2D eigenvalue weighted by atomic mass is 10.3. The fraction of sp³-hybridized carbons (Fsp3) is 0.417. The molecule has 0 saturated carbocycles. The van der Waals surface area contributed by atoms with Gasteiger partial charge in [-0.05, 0) is 47.8 Å². The van der Waals surface area contributed by atoms with E-state index in [4.69, 9.17) is 0 Å². The van der Waals surface area contributed by atoms with Crippen molar-refractivity contribution in [2.24, 2.45) is 0 Å². The molecular formula is C12H18ClN3S. The first-order chi connectivity index (χ1) is 7.84. The second-order valence-corrected chi connectivity index (χ2v) is 4.72. The van der Waals surface area contributed by atoms with Gasteiger partial charge in [-0.15, -0.1) is 12.4 Å². The normalized spacial score (nSPS) is 10.2. The van der Waals surface area contributed by atoms with Crippen molar-refractivity contribution in [2.75, 3.05) is 6.54 Å². The second-order valence-electron chi connectivity index (χ2n) is 3.94. The molecule has 2 aromatic heterocycles. The highest BCUT2D eigenvalue weighted by Crippen LogP contribution is 2.04.